The van der Waals surface area contributed by atoms with E-state index in [4.69, 9.17) is 9.47 Å². The molecule has 0 fully saturated rings. The van der Waals surface area contributed by atoms with E-state index in [1.165, 1.54) is 11.3 Å². The zero-order valence-corrected chi connectivity index (χ0v) is 16.0. The molecule has 1 aromatic carbocycles. The van der Waals surface area contributed by atoms with Crippen molar-refractivity contribution in [1.29, 1.82) is 0 Å². The Bertz CT molecular complexity index is 894. The van der Waals surface area contributed by atoms with Crippen LogP contribution in [-0.2, 0) is 0 Å². The summed E-state index contributed by atoms with van der Waals surface area (Å²) in [4.78, 5) is 17.0. The second-order valence-electron chi connectivity index (χ2n) is 5.20. The van der Waals surface area contributed by atoms with E-state index in [1.807, 2.05) is 31.2 Å². The van der Waals surface area contributed by atoms with Gasteiger partial charge in [-0.3, -0.25) is 4.79 Å². The molecule has 2 aromatic heterocycles. The zero-order valence-electron chi connectivity index (χ0n) is 13.6. The summed E-state index contributed by atoms with van der Waals surface area (Å²) < 4.78 is 12.0. The van der Waals surface area contributed by atoms with Crippen LogP contribution in [0.25, 0.3) is 0 Å². The maximum atomic E-state index is 12.1. The molecule has 1 N–H and O–H groups in total. The Hall–Kier alpha value is -2.38. The predicted molar refractivity (Wildman–Crippen MR) is 102 cm³/mol. The molecule has 0 aliphatic heterocycles. The minimum absolute atomic E-state index is 0.175. The lowest BCUT2D eigenvalue weighted by molar-refractivity contribution is 0.103. The van der Waals surface area contributed by atoms with Crippen molar-refractivity contribution in [3.63, 3.8) is 0 Å². The van der Waals surface area contributed by atoms with Crippen LogP contribution in [0.5, 0.6) is 17.4 Å². The third kappa shape index (κ3) is 4.37. The van der Waals surface area contributed by atoms with Crippen LogP contribution in [0, 0.1) is 6.92 Å². The number of hydrogen-bond acceptors (Lipinski definition) is 5. The third-order valence-electron chi connectivity index (χ3n) is 3.32. The molecular weight excluding hydrogens is 404 g/mol. The summed E-state index contributed by atoms with van der Waals surface area (Å²) >= 11 is 4.71. The van der Waals surface area contributed by atoms with Crippen molar-refractivity contribution in [3.05, 3.63) is 62.9 Å². The normalized spacial score (nSPS) is 10.4. The highest BCUT2D eigenvalue weighted by Crippen LogP contribution is 2.31. The highest BCUT2D eigenvalue weighted by Gasteiger charge is 2.10. The molecule has 0 radical (unpaired) electrons. The molecule has 128 valence electrons. The van der Waals surface area contributed by atoms with E-state index < -0.39 is 0 Å². The van der Waals surface area contributed by atoms with Gasteiger partial charge in [-0.05, 0) is 58.7 Å². The van der Waals surface area contributed by atoms with Gasteiger partial charge in [0.1, 0.15) is 0 Å². The fraction of sp³-hybridized carbons (Fsp3) is 0.111. The number of carbonyl (C=O) groups excluding carboxylic acids is 1. The number of anilines is 1. The summed E-state index contributed by atoms with van der Waals surface area (Å²) in [5, 5.41) is 2.80. The smallest absolute Gasteiger partial charge is 0.265 e. The average molecular weight is 419 g/mol. The summed E-state index contributed by atoms with van der Waals surface area (Å²) in [7, 11) is 1.59. The number of benzene rings is 1. The maximum absolute atomic E-state index is 12.1. The highest BCUT2D eigenvalue weighted by molar-refractivity contribution is 9.11. The molecule has 0 saturated heterocycles. The van der Waals surface area contributed by atoms with Gasteiger partial charge in [-0.25, -0.2) is 4.98 Å². The maximum Gasteiger partial charge on any atom is 0.265 e. The van der Waals surface area contributed by atoms with E-state index in [2.05, 4.69) is 26.2 Å². The number of thiophene rings is 1. The van der Waals surface area contributed by atoms with E-state index in [0.29, 0.717) is 27.9 Å². The number of pyridine rings is 1. The van der Waals surface area contributed by atoms with Crippen LogP contribution in [-0.4, -0.2) is 18.0 Å². The Labute approximate surface area is 157 Å². The number of methoxy groups -OCH3 is 1. The van der Waals surface area contributed by atoms with Crippen LogP contribution in [0.1, 0.15) is 15.2 Å². The molecule has 0 bridgehead atoms. The number of carbonyl (C=O) groups is 1. The molecule has 2 heterocycles. The summed E-state index contributed by atoms with van der Waals surface area (Å²) in [6.07, 6.45) is 1.55. The van der Waals surface area contributed by atoms with Gasteiger partial charge < -0.3 is 14.8 Å². The summed E-state index contributed by atoms with van der Waals surface area (Å²) in [6.45, 7) is 1.98. The van der Waals surface area contributed by atoms with Crippen LogP contribution >= 0.6 is 27.3 Å². The van der Waals surface area contributed by atoms with Gasteiger partial charge in [0, 0.05) is 6.07 Å². The monoisotopic (exact) mass is 418 g/mol. The fourth-order valence-electron chi connectivity index (χ4n) is 2.12. The molecule has 0 atom stereocenters. The van der Waals surface area contributed by atoms with Crippen molar-refractivity contribution in [2.24, 2.45) is 0 Å². The molecule has 0 spiro atoms. The molecule has 0 unspecified atom stereocenters. The SMILES string of the molecule is COc1cc(C)ccc1Oc1ccc(NC(=O)c2ccc(Br)s2)cn1. The van der Waals surface area contributed by atoms with Crippen molar-refractivity contribution in [1.82, 2.24) is 4.98 Å². The number of nitrogens with zero attached hydrogens (tertiary/aromatic N) is 1. The van der Waals surface area contributed by atoms with Crippen LogP contribution < -0.4 is 14.8 Å². The topological polar surface area (TPSA) is 60.5 Å². The molecule has 3 rings (SSSR count). The first-order chi connectivity index (χ1) is 12.0. The quantitative estimate of drug-likeness (QED) is 0.612. The molecule has 7 heteroatoms. The molecule has 3 aromatic rings. The first-order valence-corrected chi connectivity index (χ1v) is 9.01. The van der Waals surface area contributed by atoms with Crippen LogP contribution in [0.2, 0.25) is 0 Å². The summed E-state index contributed by atoms with van der Waals surface area (Å²) in [5.74, 6) is 1.47. The fourth-order valence-corrected chi connectivity index (χ4v) is 3.40. The number of nitrogens with one attached hydrogen (secondary N) is 1. The molecule has 1 amide bonds. The Balaban J connectivity index is 1.69. The van der Waals surface area contributed by atoms with Crippen molar-refractivity contribution in [2.45, 2.75) is 6.92 Å². The lowest BCUT2D eigenvalue weighted by atomic mass is 10.2. The second kappa shape index (κ2) is 7.67. The van der Waals surface area contributed by atoms with Gasteiger partial charge in [-0.2, -0.15) is 0 Å². The van der Waals surface area contributed by atoms with Gasteiger partial charge in [-0.15, -0.1) is 11.3 Å². The standard InChI is InChI=1S/C18H15BrN2O3S/c1-11-3-5-13(14(9-11)23-2)24-17-8-4-12(10-20-17)21-18(22)15-6-7-16(19)25-15/h3-10H,1-2H3,(H,21,22). The Kier molecular flexibility index (Phi) is 5.35. The van der Waals surface area contributed by atoms with E-state index in [1.54, 1.807) is 31.5 Å². The third-order valence-corrected chi connectivity index (χ3v) is 4.95. The number of hydrogen-bond donors (Lipinski definition) is 1. The lowest BCUT2D eigenvalue weighted by Gasteiger charge is -2.10. The van der Waals surface area contributed by atoms with Gasteiger partial charge >= 0.3 is 0 Å². The number of aromatic nitrogens is 1. The number of aryl methyl sites for hydroxylation is 1. The summed E-state index contributed by atoms with van der Waals surface area (Å²) in [5.41, 5.74) is 1.67. The number of ether oxygens (including phenoxy) is 2. The van der Waals surface area contributed by atoms with Gasteiger partial charge in [0.25, 0.3) is 5.91 Å². The van der Waals surface area contributed by atoms with Gasteiger partial charge in [0.2, 0.25) is 5.88 Å². The number of amides is 1. The Morgan fingerprint density at radius 3 is 2.64 bits per heavy atom. The van der Waals surface area contributed by atoms with Crippen molar-refractivity contribution < 1.29 is 14.3 Å². The highest BCUT2D eigenvalue weighted by atomic mass is 79.9. The summed E-state index contributed by atoms with van der Waals surface area (Å²) in [6, 6.07) is 12.7. The van der Waals surface area contributed by atoms with E-state index in [0.717, 1.165) is 9.35 Å². The lowest BCUT2D eigenvalue weighted by Crippen LogP contribution is -2.10. The largest absolute Gasteiger partial charge is 0.493 e. The number of halogens is 1. The molecule has 25 heavy (non-hydrogen) atoms. The van der Waals surface area contributed by atoms with Crippen LogP contribution in [0.3, 0.4) is 0 Å². The number of rotatable bonds is 5. The van der Waals surface area contributed by atoms with Crippen molar-refractivity contribution >= 4 is 38.9 Å². The van der Waals surface area contributed by atoms with E-state index in [-0.39, 0.29) is 5.91 Å². The first-order valence-electron chi connectivity index (χ1n) is 7.40. The molecule has 0 aliphatic rings. The van der Waals surface area contributed by atoms with Crippen LogP contribution in [0.4, 0.5) is 5.69 Å². The van der Waals surface area contributed by atoms with Gasteiger partial charge in [0.05, 0.1) is 27.7 Å². The average Bonchev–Trinajstić information content (AvgIpc) is 3.04. The van der Waals surface area contributed by atoms with Gasteiger partial charge in [-0.1, -0.05) is 6.07 Å². The molecular formula is C18H15BrN2O3S. The first kappa shape index (κ1) is 17.4. The van der Waals surface area contributed by atoms with E-state index in [9.17, 15) is 4.79 Å². The molecule has 0 aliphatic carbocycles. The molecule has 5 nitrogen and oxygen atoms in total. The van der Waals surface area contributed by atoms with E-state index >= 15 is 0 Å². The second-order valence-corrected chi connectivity index (χ2v) is 7.66. The van der Waals surface area contributed by atoms with Gasteiger partial charge in [0.15, 0.2) is 11.5 Å². The Morgan fingerprint density at radius 2 is 2.00 bits per heavy atom. The van der Waals surface area contributed by atoms with Crippen molar-refractivity contribution in [3.8, 4) is 17.4 Å². The van der Waals surface area contributed by atoms with Crippen LogP contribution in [0.15, 0.2) is 52.4 Å². The minimum Gasteiger partial charge on any atom is -0.493 e. The minimum atomic E-state index is -0.175. The Morgan fingerprint density at radius 1 is 1.16 bits per heavy atom. The zero-order chi connectivity index (χ0) is 17.8. The van der Waals surface area contributed by atoms with Crippen molar-refractivity contribution in [2.75, 3.05) is 12.4 Å². The molecule has 0 saturated carbocycles. The predicted octanol–water partition coefficient (Wildman–Crippen LogP) is 5.27.